The predicted octanol–water partition coefficient (Wildman–Crippen LogP) is 2.81. The molecule has 0 saturated heterocycles. The molecule has 2 heterocycles. The van der Waals surface area contributed by atoms with Crippen LogP contribution in [0.15, 0.2) is 23.2 Å². The van der Waals surface area contributed by atoms with Crippen LogP contribution in [0.1, 0.15) is 25.8 Å². The first-order valence-electron chi connectivity index (χ1n) is 6.04. The first-order chi connectivity index (χ1) is 8.76. The molecule has 96 valence electrons. The summed E-state index contributed by atoms with van der Waals surface area (Å²) in [4.78, 5) is 8.66. The van der Waals surface area contributed by atoms with E-state index in [1.807, 2.05) is 6.20 Å². The van der Waals surface area contributed by atoms with E-state index in [0.29, 0.717) is 0 Å². The molecular formula is C12H16BrN5. The molecule has 0 amide bonds. The van der Waals surface area contributed by atoms with Crippen LogP contribution >= 0.6 is 15.9 Å². The Bertz CT molecular complexity index is 523. The summed E-state index contributed by atoms with van der Waals surface area (Å²) in [7, 11) is 0. The van der Waals surface area contributed by atoms with E-state index in [-0.39, 0.29) is 0 Å². The Morgan fingerprint density at radius 1 is 1.33 bits per heavy atom. The van der Waals surface area contributed by atoms with E-state index in [0.717, 1.165) is 41.1 Å². The van der Waals surface area contributed by atoms with Gasteiger partial charge >= 0.3 is 0 Å². The van der Waals surface area contributed by atoms with Crippen molar-refractivity contribution >= 4 is 21.7 Å². The number of halogens is 1. The van der Waals surface area contributed by atoms with Crippen LogP contribution in [-0.4, -0.2) is 26.3 Å². The number of hydrogen-bond acceptors (Lipinski definition) is 4. The van der Waals surface area contributed by atoms with Crippen LogP contribution in [0.4, 0.5) is 5.82 Å². The van der Waals surface area contributed by atoms with Gasteiger partial charge in [0.25, 0.3) is 0 Å². The first kappa shape index (κ1) is 13.0. The Kier molecular flexibility index (Phi) is 4.30. The monoisotopic (exact) mass is 309 g/mol. The molecule has 0 aliphatic rings. The number of nitrogens with zero attached hydrogens (tertiary/aromatic N) is 4. The third kappa shape index (κ3) is 2.69. The second-order valence-electron chi connectivity index (χ2n) is 3.91. The Balaban J connectivity index is 2.48. The number of anilines is 1. The Labute approximate surface area is 115 Å². The van der Waals surface area contributed by atoms with Crippen molar-refractivity contribution in [2.45, 2.75) is 26.7 Å². The normalized spacial score (nSPS) is 10.6. The summed E-state index contributed by atoms with van der Waals surface area (Å²) in [5.41, 5.74) is 1.11. The minimum Gasteiger partial charge on any atom is -0.370 e. The molecule has 0 atom stereocenters. The van der Waals surface area contributed by atoms with E-state index in [2.05, 4.69) is 50.2 Å². The molecule has 0 unspecified atom stereocenters. The van der Waals surface area contributed by atoms with Gasteiger partial charge in [-0.3, -0.25) is 0 Å². The lowest BCUT2D eigenvalue weighted by atomic mass is 10.1. The quantitative estimate of drug-likeness (QED) is 0.922. The third-order valence-corrected chi connectivity index (χ3v) is 2.94. The Morgan fingerprint density at radius 2 is 2.17 bits per heavy atom. The minimum absolute atomic E-state index is 0.841. The lowest BCUT2D eigenvalue weighted by Gasteiger charge is -2.12. The topological polar surface area (TPSA) is 55.6 Å². The lowest BCUT2D eigenvalue weighted by molar-refractivity contribution is 0.799. The molecule has 0 radical (unpaired) electrons. The van der Waals surface area contributed by atoms with Gasteiger partial charge in [0.15, 0.2) is 5.82 Å². The molecule has 18 heavy (non-hydrogen) atoms. The average Bonchev–Trinajstić information content (AvgIpc) is 2.78. The van der Waals surface area contributed by atoms with E-state index in [1.54, 1.807) is 17.2 Å². The van der Waals surface area contributed by atoms with Gasteiger partial charge in [0.1, 0.15) is 12.1 Å². The molecule has 6 heteroatoms. The number of nitrogens with one attached hydrogen (secondary N) is 1. The third-order valence-electron chi connectivity index (χ3n) is 2.53. The summed E-state index contributed by atoms with van der Waals surface area (Å²) in [5.74, 6) is 1.74. The maximum absolute atomic E-state index is 4.35. The second kappa shape index (κ2) is 5.95. The highest BCUT2D eigenvalue weighted by Crippen LogP contribution is 2.21. The summed E-state index contributed by atoms with van der Waals surface area (Å²) in [6, 6.07) is 0. The van der Waals surface area contributed by atoms with Crippen LogP contribution in [-0.2, 0) is 6.42 Å². The predicted molar refractivity (Wildman–Crippen MR) is 75.0 cm³/mol. The summed E-state index contributed by atoms with van der Waals surface area (Å²) >= 11 is 3.40. The van der Waals surface area contributed by atoms with Crippen molar-refractivity contribution in [2.75, 3.05) is 11.9 Å². The van der Waals surface area contributed by atoms with E-state index >= 15 is 0 Å². The molecular weight excluding hydrogens is 294 g/mol. The Morgan fingerprint density at radius 3 is 2.78 bits per heavy atom. The van der Waals surface area contributed by atoms with Crippen LogP contribution in [0.3, 0.4) is 0 Å². The van der Waals surface area contributed by atoms with Gasteiger partial charge < -0.3 is 5.32 Å². The maximum Gasteiger partial charge on any atom is 0.162 e. The molecule has 0 aliphatic heterocycles. The fourth-order valence-electron chi connectivity index (χ4n) is 1.82. The molecule has 1 N–H and O–H groups in total. The zero-order valence-electron chi connectivity index (χ0n) is 10.5. The highest BCUT2D eigenvalue weighted by atomic mass is 79.9. The fraction of sp³-hybridized carbons (Fsp3) is 0.417. The molecule has 2 aromatic heterocycles. The number of hydrogen-bond donors (Lipinski definition) is 1. The summed E-state index contributed by atoms with van der Waals surface area (Å²) in [6.45, 7) is 5.05. The molecule has 0 bridgehead atoms. The highest BCUT2D eigenvalue weighted by molar-refractivity contribution is 9.10. The summed E-state index contributed by atoms with van der Waals surface area (Å²) in [6.07, 6.45) is 7.20. The van der Waals surface area contributed by atoms with Crippen molar-refractivity contribution < 1.29 is 0 Å². The van der Waals surface area contributed by atoms with Gasteiger partial charge in [-0.1, -0.05) is 13.3 Å². The van der Waals surface area contributed by atoms with E-state index < -0.39 is 0 Å². The number of aromatic nitrogens is 4. The average molecular weight is 310 g/mol. The summed E-state index contributed by atoms with van der Waals surface area (Å²) < 4.78 is 2.71. The van der Waals surface area contributed by atoms with Gasteiger partial charge in [-0.25, -0.2) is 14.6 Å². The molecule has 0 aliphatic carbocycles. The molecule has 0 fully saturated rings. The molecule has 5 nitrogen and oxygen atoms in total. The van der Waals surface area contributed by atoms with Crippen LogP contribution < -0.4 is 5.32 Å². The highest BCUT2D eigenvalue weighted by Gasteiger charge is 2.12. The smallest absolute Gasteiger partial charge is 0.162 e. The van der Waals surface area contributed by atoms with Crippen LogP contribution in [0.2, 0.25) is 0 Å². The second-order valence-corrected chi connectivity index (χ2v) is 4.82. The van der Waals surface area contributed by atoms with Gasteiger partial charge in [-0.2, -0.15) is 5.10 Å². The van der Waals surface area contributed by atoms with E-state index in [1.165, 1.54) is 0 Å². The van der Waals surface area contributed by atoms with Crippen molar-refractivity contribution in [2.24, 2.45) is 0 Å². The van der Waals surface area contributed by atoms with Gasteiger partial charge in [-0.05, 0) is 29.3 Å². The van der Waals surface area contributed by atoms with Crippen molar-refractivity contribution in [1.82, 2.24) is 19.7 Å². The summed E-state index contributed by atoms with van der Waals surface area (Å²) in [5, 5.41) is 7.56. The van der Waals surface area contributed by atoms with Crippen LogP contribution in [0, 0.1) is 0 Å². The minimum atomic E-state index is 0.841. The lowest BCUT2D eigenvalue weighted by Crippen LogP contribution is -2.10. The van der Waals surface area contributed by atoms with Crippen LogP contribution in [0.25, 0.3) is 5.82 Å². The van der Waals surface area contributed by atoms with Crippen molar-refractivity contribution in [3.63, 3.8) is 0 Å². The molecule has 0 saturated carbocycles. The van der Waals surface area contributed by atoms with Gasteiger partial charge in [0, 0.05) is 18.3 Å². The number of rotatable bonds is 5. The van der Waals surface area contributed by atoms with Gasteiger partial charge in [0.05, 0.1) is 10.7 Å². The molecule has 2 rings (SSSR count). The molecule has 0 spiro atoms. The van der Waals surface area contributed by atoms with Gasteiger partial charge in [-0.15, -0.1) is 0 Å². The standard InChI is InChI=1S/C12H16BrN5/c1-3-5-10-11(14-4-2)15-8-16-12(10)18-7-9(13)6-17-18/h6-8H,3-5H2,1-2H3,(H,14,15,16). The van der Waals surface area contributed by atoms with Gasteiger partial charge in [0.2, 0.25) is 0 Å². The van der Waals surface area contributed by atoms with Crippen LogP contribution in [0.5, 0.6) is 0 Å². The largest absolute Gasteiger partial charge is 0.370 e. The van der Waals surface area contributed by atoms with Crippen molar-refractivity contribution in [3.8, 4) is 5.82 Å². The Hall–Kier alpha value is -1.43. The van der Waals surface area contributed by atoms with Crippen molar-refractivity contribution in [1.29, 1.82) is 0 Å². The van der Waals surface area contributed by atoms with Crippen molar-refractivity contribution in [3.05, 3.63) is 28.8 Å². The fourth-order valence-corrected chi connectivity index (χ4v) is 2.10. The zero-order chi connectivity index (χ0) is 13.0. The zero-order valence-corrected chi connectivity index (χ0v) is 12.1. The first-order valence-corrected chi connectivity index (χ1v) is 6.83. The molecule has 0 aromatic carbocycles. The van der Waals surface area contributed by atoms with E-state index in [4.69, 9.17) is 0 Å². The molecule has 2 aromatic rings. The maximum atomic E-state index is 4.35. The van der Waals surface area contributed by atoms with E-state index in [9.17, 15) is 0 Å². The SMILES string of the molecule is CCCc1c(NCC)ncnc1-n1cc(Br)cn1.